The van der Waals surface area contributed by atoms with Crippen molar-refractivity contribution >= 4 is 5.97 Å². The summed E-state index contributed by atoms with van der Waals surface area (Å²) in [5, 5.41) is 26.6. The lowest BCUT2D eigenvalue weighted by molar-refractivity contribution is -0.147. The first-order valence-electron chi connectivity index (χ1n) is 14.3. The van der Waals surface area contributed by atoms with E-state index in [4.69, 9.17) is 20.1 Å². The molecule has 0 radical (unpaired) electrons. The highest BCUT2D eigenvalue weighted by molar-refractivity contribution is 5.69. The molecule has 0 saturated carbocycles. The fourth-order valence-corrected chi connectivity index (χ4v) is 4.23. The number of unbranched alkanes of at least 4 members (excludes halogenated alkanes) is 21. The van der Waals surface area contributed by atoms with Crippen LogP contribution in [0.3, 0.4) is 0 Å². The number of hydrogen-bond acceptors (Lipinski definition) is 5. The predicted molar refractivity (Wildman–Crippen MR) is 137 cm³/mol. The van der Waals surface area contributed by atoms with E-state index in [9.17, 15) is 4.79 Å². The van der Waals surface area contributed by atoms with Crippen molar-refractivity contribution in [2.75, 3.05) is 19.8 Å². The number of carbonyl (C=O) groups is 1. The third kappa shape index (κ3) is 27.5. The summed E-state index contributed by atoms with van der Waals surface area (Å²) in [7, 11) is 0. The maximum absolute atomic E-state index is 11.5. The highest BCUT2D eigenvalue weighted by Gasteiger charge is 2.07. The van der Waals surface area contributed by atoms with Gasteiger partial charge in [0.05, 0.1) is 6.61 Å². The molecule has 1 atom stereocenters. The summed E-state index contributed by atoms with van der Waals surface area (Å²) in [6, 6.07) is 0. The molecule has 0 aliphatic carbocycles. The Kier molecular flexibility index (Phi) is 27.0. The molecule has 0 fully saturated rings. The van der Waals surface area contributed by atoms with Crippen molar-refractivity contribution < 1.29 is 24.9 Å². The van der Waals surface area contributed by atoms with Crippen molar-refractivity contribution in [1.82, 2.24) is 0 Å². The molecule has 0 bridgehead atoms. The average Bonchev–Trinajstić information content (AvgIpc) is 2.82. The molecule has 0 rings (SSSR count). The third-order valence-corrected chi connectivity index (χ3v) is 6.44. The van der Waals surface area contributed by atoms with E-state index in [1.54, 1.807) is 0 Å². The highest BCUT2D eigenvalue weighted by Crippen LogP contribution is 2.15. The zero-order valence-corrected chi connectivity index (χ0v) is 21.6. The first kappa shape index (κ1) is 32.4. The maximum Gasteiger partial charge on any atom is 0.305 e. The molecule has 33 heavy (non-hydrogen) atoms. The van der Waals surface area contributed by atoms with Crippen LogP contribution in [0.25, 0.3) is 0 Å². The lowest BCUT2D eigenvalue weighted by Crippen LogP contribution is -2.21. The number of ether oxygens (including phenoxy) is 1. The average molecular weight is 473 g/mol. The topological polar surface area (TPSA) is 87.0 Å². The van der Waals surface area contributed by atoms with Crippen LogP contribution in [0.2, 0.25) is 0 Å². The van der Waals surface area contributed by atoms with E-state index >= 15 is 0 Å². The third-order valence-electron chi connectivity index (χ3n) is 6.44. The summed E-state index contributed by atoms with van der Waals surface area (Å²) in [5.41, 5.74) is 0. The van der Waals surface area contributed by atoms with Crippen molar-refractivity contribution in [3.8, 4) is 0 Å². The Morgan fingerprint density at radius 2 is 0.818 bits per heavy atom. The van der Waals surface area contributed by atoms with Gasteiger partial charge >= 0.3 is 5.97 Å². The minimum absolute atomic E-state index is 0.108. The number of aliphatic hydroxyl groups is 3. The largest absolute Gasteiger partial charge is 0.463 e. The van der Waals surface area contributed by atoms with Gasteiger partial charge in [0.15, 0.2) is 0 Å². The lowest BCUT2D eigenvalue weighted by Gasteiger charge is -2.08. The zero-order chi connectivity index (χ0) is 24.2. The fourth-order valence-electron chi connectivity index (χ4n) is 4.23. The van der Waals surface area contributed by atoms with E-state index in [0.29, 0.717) is 13.0 Å². The van der Waals surface area contributed by atoms with Crippen LogP contribution < -0.4 is 0 Å². The van der Waals surface area contributed by atoms with Crippen molar-refractivity contribution in [1.29, 1.82) is 0 Å². The molecule has 0 heterocycles. The first-order chi connectivity index (χ1) is 16.2. The molecule has 5 nitrogen and oxygen atoms in total. The first-order valence-corrected chi connectivity index (χ1v) is 14.3. The lowest BCUT2D eigenvalue weighted by atomic mass is 10.0. The molecule has 5 heteroatoms. The molecular formula is C28H56O5. The molecule has 0 aromatic carbocycles. The van der Waals surface area contributed by atoms with Gasteiger partial charge in [0.2, 0.25) is 0 Å². The zero-order valence-electron chi connectivity index (χ0n) is 21.6. The summed E-state index contributed by atoms with van der Waals surface area (Å²) in [6.45, 7) is -0.127. The Hall–Kier alpha value is -0.650. The second kappa shape index (κ2) is 27.6. The fraction of sp³-hybridized carbons (Fsp3) is 0.964. The van der Waals surface area contributed by atoms with Crippen molar-refractivity contribution in [2.45, 2.75) is 154 Å². The van der Waals surface area contributed by atoms with E-state index in [1.165, 1.54) is 122 Å². The number of hydrogen-bond donors (Lipinski definition) is 3. The molecule has 3 N–H and O–H groups in total. The van der Waals surface area contributed by atoms with E-state index in [-0.39, 0.29) is 19.2 Å². The summed E-state index contributed by atoms with van der Waals surface area (Å²) in [5.74, 6) is -0.278. The molecule has 0 amide bonds. The van der Waals surface area contributed by atoms with Gasteiger partial charge in [0.25, 0.3) is 0 Å². The molecule has 0 saturated heterocycles. The molecule has 198 valence electrons. The minimum Gasteiger partial charge on any atom is -0.463 e. The van der Waals surface area contributed by atoms with Crippen LogP contribution in [0.15, 0.2) is 0 Å². The van der Waals surface area contributed by atoms with Crippen LogP contribution >= 0.6 is 0 Å². The SMILES string of the molecule is O=C(CCCCCCCCCCCCCCCCCCCCCCCCO)OCC(O)CO. The molecule has 0 aromatic heterocycles. The second-order valence-corrected chi connectivity index (χ2v) is 9.77. The van der Waals surface area contributed by atoms with E-state index in [1.807, 2.05) is 0 Å². The van der Waals surface area contributed by atoms with Crippen molar-refractivity contribution in [3.63, 3.8) is 0 Å². The van der Waals surface area contributed by atoms with Gasteiger partial charge in [-0.15, -0.1) is 0 Å². The summed E-state index contributed by atoms with van der Waals surface area (Å²) in [6.07, 6.45) is 28.0. The normalized spacial score (nSPS) is 12.2. The van der Waals surface area contributed by atoms with Crippen LogP contribution in [-0.2, 0) is 9.53 Å². The van der Waals surface area contributed by atoms with Gasteiger partial charge in [-0.3, -0.25) is 4.79 Å². The monoisotopic (exact) mass is 472 g/mol. The van der Waals surface area contributed by atoms with Crippen molar-refractivity contribution in [3.05, 3.63) is 0 Å². The van der Waals surface area contributed by atoms with Gasteiger partial charge < -0.3 is 20.1 Å². The van der Waals surface area contributed by atoms with Gasteiger partial charge in [-0.2, -0.15) is 0 Å². The molecule has 0 aliphatic heterocycles. The Labute approximate surface area is 204 Å². The van der Waals surface area contributed by atoms with Gasteiger partial charge in [-0.05, 0) is 12.8 Å². The Balaban J connectivity index is 3.10. The van der Waals surface area contributed by atoms with E-state index < -0.39 is 6.10 Å². The summed E-state index contributed by atoms with van der Waals surface area (Å²) >= 11 is 0. The highest BCUT2D eigenvalue weighted by atomic mass is 16.5. The van der Waals surface area contributed by atoms with Crippen LogP contribution in [0.4, 0.5) is 0 Å². The van der Waals surface area contributed by atoms with Gasteiger partial charge in [0.1, 0.15) is 12.7 Å². The minimum atomic E-state index is -0.960. The summed E-state index contributed by atoms with van der Waals surface area (Å²) < 4.78 is 4.89. The van der Waals surface area contributed by atoms with E-state index in [2.05, 4.69) is 0 Å². The molecule has 0 aliphatic rings. The van der Waals surface area contributed by atoms with Gasteiger partial charge in [-0.25, -0.2) is 0 Å². The molecule has 0 aromatic rings. The second-order valence-electron chi connectivity index (χ2n) is 9.77. The van der Waals surface area contributed by atoms with Gasteiger partial charge in [0, 0.05) is 13.0 Å². The van der Waals surface area contributed by atoms with Gasteiger partial charge in [-0.1, -0.05) is 128 Å². The maximum atomic E-state index is 11.5. The number of aliphatic hydroxyl groups excluding tert-OH is 3. The Morgan fingerprint density at radius 3 is 1.12 bits per heavy atom. The standard InChI is InChI=1S/C28H56O5/c29-24-22-20-18-16-14-12-10-8-6-4-2-1-3-5-7-9-11-13-15-17-19-21-23-28(32)33-26-27(31)25-30/h27,29-31H,1-26H2. The van der Waals surface area contributed by atoms with Crippen LogP contribution in [-0.4, -0.2) is 47.2 Å². The molecule has 0 spiro atoms. The molecular weight excluding hydrogens is 416 g/mol. The van der Waals surface area contributed by atoms with E-state index in [0.717, 1.165) is 19.3 Å². The predicted octanol–water partition coefficient (Wildman–Crippen LogP) is 6.85. The number of esters is 1. The van der Waals surface area contributed by atoms with Crippen LogP contribution in [0.5, 0.6) is 0 Å². The van der Waals surface area contributed by atoms with Crippen LogP contribution in [0, 0.1) is 0 Å². The smallest absolute Gasteiger partial charge is 0.305 e. The Bertz CT molecular complexity index is 388. The van der Waals surface area contributed by atoms with Crippen LogP contribution in [0.1, 0.15) is 148 Å². The van der Waals surface area contributed by atoms with Crippen molar-refractivity contribution in [2.24, 2.45) is 0 Å². The molecule has 1 unspecified atom stereocenters. The summed E-state index contributed by atoms with van der Waals surface area (Å²) in [4.78, 5) is 11.5. The Morgan fingerprint density at radius 1 is 0.515 bits per heavy atom. The number of rotatable bonds is 27. The number of carbonyl (C=O) groups excluding carboxylic acids is 1. The quantitative estimate of drug-likeness (QED) is 0.0899.